The third-order valence-corrected chi connectivity index (χ3v) is 3.56. The fourth-order valence-corrected chi connectivity index (χ4v) is 2.35. The average Bonchev–Trinajstić information content (AvgIpc) is 2.21. The molecule has 0 aliphatic rings. The quantitative estimate of drug-likeness (QED) is 0.347. The van der Waals surface area contributed by atoms with Gasteiger partial charge in [-0.15, -0.1) is 0 Å². The number of rotatable bonds is 2. The number of benzene rings is 1. The zero-order chi connectivity index (χ0) is 11.3. The first-order valence-corrected chi connectivity index (χ1v) is 6.92. The molecule has 0 spiro atoms. The second-order valence-electron chi connectivity index (χ2n) is 2.91. The Labute approximate surface area is 114 Å². The van der Waals surface area contributed by atoms with Crippen molar-refractivity contribution in [3.8, 4) is 0 Å². The third kappa shape index (κ3) is 4.61. The molecule has 0 aromatic heterocycles. The molecule has 1 rings (SSSR count). The molecule has 0 aliphatic heterocycles. The maximum absolute atomic E-state index is 5.80. The highest BCUT2D eigenvalue weighted by Crippen LogP contribution is 2.13. The van der Waals surface area contributed by atoms with E-state index in [1.807, 2.05) is 40.7 Å². The van der Waals surface area contributed by atoms with Crippen LogP contribution in [0.4, 0.5) is 0 Å². The van der Waals surface area contributed by atoms with Crippen molar-refractivity contribution in [2.45, 2.75) is 6.54 Å². The van der Waals surface area contributed by atoms with Gasteiger partial charge in [0.05, 0.1) is 29.4 Å². The summed E-state index contributed by atoms with van der Waals surface area (Å²) in [6.45, 7) is 0.695. The molecule has 0 unspecified atom stereocenters. The number of thioether (sulfide) groups is 1. The van der Waals surface area contributed by atoms with E-state index in [-0.39, 0.29) is 0 Å². The molecule has 15 heavy (non-hydrogen) atoms. The molecule has 0 N–H and O–H groups in total. The average molecular weight is 355 g/mol. The maximum atomic E-state index is 5.80. The number of hydrogen-bond donors (Lipinski definition) is 0. The van der Waals surface area contributed by atoms with Crippen LogP contribution < -0.4 is 0 Å². The minimum Gasteiger partial charge on any atom is -0.297 e. The van der Waals surface area contributed by atoms with Gasteiger partial charge in [0.2, 0.25) is 0 Å². The molecule has 0 saturated heterocycles. The lowest BCUT2D eigenvalue weighted by atomic mass is 10.2. The monoisotopic (exact) mass is 354 g/mol. The second kappa shape index (κ2) is 6.60. The summed E-state index contributed by atoms with van der Waals surface area (Å²) < 4.78 is 1.98. The van der Waals surface area contributed by atoms with Gasteiger partial charge in [0, 0.05) is 12.1 Å². The number of hydrogen-bond acceptors (Lipinski definition) is 2. The number of amidine groups is 1. The van der Waals surface area contributed by atoms with Crippen molar-refractivity contribution in [2.75, 3.05) is 13.3 Å². The Morgan fingerprint density at radius 1 is 1.47 bits per heavy atom. The Morgan fingerprint density at radius 2 is 2.07 bits per heavy atom. The Bertz CT molecular complexity index is 338. The molecule has 2 nitrogen and oxygen atoms in total. The van der Waals surface area contributed by atoms with Crippen LogP contribution in [0.2, 0.25) is 5.02 Å². The zero-order valence-electron chi connectivity index (χ0n) is 8.58. The van der Waals surface area contributed by atoms with E-state index in [4.69, 9.17) is 11.6 Å². The molecule has 0 heterocycles. The van der Waals surface area contributed by atoms with Crippen LogP contribution in [0, 0.1) is 0 Å². The number of aliphatic imine (C=N–C) groups is 1. The van der Waals surface area contributed by atoms with Crippen molar-refractivity contribution >= 4 is 51.4 Å². The van der Waals surface area contributed by atoms with Gasteiger partial charge in [0.15, 0.2) is 5.17 Å². The van der Waals surface area contributed by atoms with Gasteiger partial charge in [-0.3, -0.25) is 8.11 Å². The summed E-state index contributed by atoms with van der Waals surface area (Å²) in [5, 5.41) is 1.78. The van der Waals surface area contributed by atoms with Gasteiger partial charge >= 0.3 is 0 Å². The smallest absolute Gasteiger partial charge is 0.167 e. The molecule has 0 radical (unpaired) electrons. The van der Waals surface area contributed by atoms with Crippen molar-refractivity contribution in [1.29, 1.82) is 0 Å². The summed E-state index contributed by atoms with van der Waals surface area (Å²) in [5.41, 5.74) is 1.17. The summed E-state index contributed by atoms with van der Waals surface area (Å²) >= 11 is 9.66. The van der Waals surface area contributed by atoms with Crippen molar-refractivity contribution in [2.24, 2.45) is 4.99 Å². The van der Waals surface area contributed by atoms with E-state index in [9.17, 15) is 0 Å². The Morgan fingerprint density at radius 3 is 2.53 bits per heavy atom. The molecule has 1 aromatic carbocycles. The van der Waals surface area contributed by atoms with Crippen LogP contribution >= 0.6 is 46.2 Å². The SMILES string of the molecule is CSC(=NCc1ccc(Cl)cc1)N(C)I. The van der Waals surface area contributed by atoms with Crippen LogP contribution in [0.25, 0.3) is 0 Å². The summed E-state index contributed by atoms with van der Waals surface area (Å²) in [7, 11) is 1.98. The lowest BCUT2D eigenvalue weighted by Gasteiger charge is -2.10. The fourth-order valence-electron chi connectivity index (χ4n) is 1.04. The van der Waals surface area contributed by atoms with E-state index in [2.05, 4.69) is 27.9 Å². The third-order valence-electron chi connectivity index (χ3n) is 1.76. The van der Waals surface area contributed by atoms with Crippen LogP contribution in [0.15, 0.2) is 29.3 Å². The van der Waals surface area contributed by atoms with Crippen LogP contribution in [-0.4, -0.2) is 21.6 Å². The first-order chi connectivity index (χ1) is 7.13. The highest BCUT2D eigenvalue weighted by molar-refractivity contribution is 14.1. The normalized spacial score (nSPS) is 11.6. The van der Waals surface area contributed by atoms with E-state index < -0.39 is 0 Å². The van der Waals surface area contributed by atoms with Crippen molar-refractivity contribution in [3.05, 3.63) is 34.9 Å². The van der Waals surface area contributed by atoms with Crippen LogP contribution in [0.5, 0.6) is 0 Å². The molecule has 82 valence electrons. The fraction of sp³-hybridized carbons (Fsp3) is 0.300. The van der Waals surface area contributed by atoms with Gasteiger partial charge in [0.25, 0.3) is 0 Å². The number of halogens is 2. The summed E-state index contributed by atoms with van der Waals surface area (Å²) in [4.78, 5) is 4.50. The summed E-state index contributed by atoms with van der Waals surface area (Å²) in [6, 6.07) is 7.77. The minimum absolute atomic E-state index is 0.695. The molecule has 0 amide bonds. The predicted molar refractivity (Wildman–Crippen MR) is 77.9 cm³/mol. The highest BCUT2D eigenvalue weighted by atomic mass is 127. The molecular formula is C10H12ClIN2S. The van der Waals surface area contributed by atoms with E-state index in [0.717, 1.165) is 10.2 Å². The molecule has 1 aromatic rings. The van der Waals surface area contributed by atoms with Crippen LogP contribution in [0.3, 0.4) is 0 Å². The van der Waals surface area contributed by atoms with Gasteiger partial charge in [-0.2, -0.15) is 0 Å². The van der Waals surface area contributed by atoms with Gasteiger partial charge in [-0.25, -0.2) is 0 Å². The van der Waals surface area contributed by atoms with Gasteiger partial charge in [0.1, 0.15) is 0 Å². The molecular weight excluding hydrogens is 343 g/mol. The number of nitrogens with zero attached hydrogens (tertiary/aromatic N) is 2. The zero-order valence-corrected chi connectivity index (χ0v) is 12.3. The first kappa shape index (κ1) is 13.1. The molecule has 0 fully saturated rings. The molecule has 0 aliphatic carbocycles. The largest absolute Gasteiger partial charge is 0.297 e. The van der Waals surface area contributed by atoms with Gasteiger partial charge in [-0.1, -0.05) is 35.5 Å². The summed E-state index contributed by atoms with van der Waals surface area (Å²) in [5.74, 6) is 0. The minimum atomic E-state index is 0.695. The molecule has 0 bridgehead atoms. The van der Waals surface area contributed by atoms with Crippen molar-refractivity contribution in [1.82, 2.24) is 3.11 Å². The van der Waals surface area contributed by atoms with Gasteiger partial charge < -0.3 is 0 Å². The van der Waals surface area contributed by atoms with Crippen molar-refractivity contribution < 1.29 is 0 Å². The molecule has 5 heteroatoms. The van der Waals surface area contributed by atoms with E-state index in [0.29, 0.717) is 6.54 Å². The Kier molecular flexibility index (Phi) is 5.78. The topological polar surface area (TPSA) is 15.6 Å². The van der Waals surface area contributed by atoms with Gasteiger partial charge in [-0.05, 0) is 24.0 Å². The second-order valence-corrected chi connectivity index (χ2v) is 5.56. The lowest BCUT2D eigenvalue weighted by molar-refractivity contribution is 0.902. The molecule has 0 atom stereocenters. The van der Waals surface area contributed by atoms with E-state index in [1.54, 1.807) is 11.8 Å². The van der Waals surface area contributed by atoms with Crippen LogP contribution in [-0.2, 0) is 6.54 Å². The van der Waals surface area contributed by atoms with Crippen LogP contribution in [0.1, 0.15) is 5.56 Å². The standard InChI is InChI=1S/C10H12ClIN2S/c1-14(12)10(15-2)13-7-8-3-5-9(11)6-4-8/h3-6H,7H2,1-2H3. The van der Waals surface area contributed by atoms with E-state index >= 15 is 0 Å². The lowest BCUT2D eigenvalue weighted by Crippen LogP contribution is -2.11. The van der Waals surface area contributed by atoms with E-state index in [1.165, 1.54) is 5.56 Å². The van der Waals surface area contributed by atoms with Crippen molar-refractivity contribution in [3.63, 3.8) is 0 Å². The molecule has 0 saturated carbocycles. The Balaban J connectivity index is 2.66. The predicted octanol–water partition coefficient (Wildman–Crippen LogP) is 3.84. The maximum Gasteiger partial charge on any atom is 0.167 e. The Hall–Kier alpha value is 0.0600. The summed E-state index contributed by atoms with van der Waals surface area (Å²) in [6.07, 6.45) is 2.02. The first-order valence-electron chi connectivity index (χ1n) is 4.36. The highest BCUT2D eigenvalue weighted by Gasteiger charge is 2.00.